The summed E-state index contributed by atoms with van der Waals surface area (Å²) in [6.07, 6.45) is 0. The fourth-order valence-electron chi connectivity index (χ4n) is 3.09. The summed E-state index contributed by atoms with van der Waals surface area (Å²) >= 11 is 12.6. The highest BCUT2D eigenvalue weighted by Crippen LogP contribution is 2.38. The minimum absolute atomic E-state index is 0.0224. The fourth-order valence-corrected chi connectivity index (χ4v) is 5.12. The van der Waals surface area contributed by atoms with E-state index in [1.54, 1.807) is 0 Å². The van der Waals surface area contributed by atoms with E-state index in [4.69, 9.17) is 37.4 Å². The van der Waals surface area contributed by atoms with Crippen molar-refractivity contribution in [2.45, 2.75) is 4.90 Å². The van der Waals surface area contributed by atoms with Crippen molar-refractivity contribution in [3.8, 4) is 11.5 Å². The van der Waals surface area contributed by atoms with Gasteiger partial charge in [0.25, 0.3) is 10.0 Å². The minimum atomic E-state index is -4.30. The second kappa shape index (κ2) is 12.3. The molecule has 0 saturated carbocycles. The molecule has 0 heterocycles. The monoisotopic (exact) mass is 556 g/mol. The Balaban J connectivity index is 2.02. The number of halogens is 3. The molecule has 0 bridgehead atoms. The van der Waals surface area contributed by atoms with E-state index in [2.05, 4.69) is 5.32 Å². The number of methoxy groups -OCH3 is 2. The molecule has 3 rings (SSSR count). The van der Waals surface area contributed by atoms with Gasteiger partial charge in [0.05, 0.1) is 34.3 Å². The van der Waals surface area contributed by atoms with E-state index in [-0.39, 0.29) is 45.3 Å². The van der Waals surface area contributed by atoms with Gasteiger partial charge in [-0.2, -0.15) is 0 Å². The number of benzene rings is 3. The Morgan fingerprint density at radius 3 is 2.25 bits per heavy atom. The Hall–Kier alpha value is -3.05. The summed E-state index contributed by atoms with van der Waals surface area (Å²) in [4.78, 5) is 12.8. The second-order valence-corrected chi connectivity index (χ2v) is 9.99. The smallest absolute Gasteiger partial charge is 0.264 e. The molecule has 3 aromatic carbocycles. The third kappa shape index (κ3) is 6.79. The van der Waals surface area contributed by atoms with Gasteiger partial charge in [0.15, 0.2) is 0 Å². The van der Waals surface area contributed by atoms with Crippen molar-refractivity contribution in [3.05, 3.63) is 76.5 Å². The number of anilines is 2. The van der Waals surface area contributed by atoms with Crippen molar-refractivity contribution in [1.82, 2.24) is 0 Å². The molecule has 0 saturated heterocycles. The molecule has 0 radical (unpaired) electrons. The summed E-state index contributed by atoms with van der Waals surface area (Å²) < 4.78 is 57.1. The molecule has 12 heteroatoms. The first-order valence-electron chi connectivity index (χ1n) is 10.5. The normalized spacial score (nSPS) is 11.1. The third-order valence-corrected chi connectivity index (χ3v) is 7.25. The van der Waals surface area contributed by atoms with E-state index < -0.39 is 28.3 Å². The Labute approximate surface area is 218 Å². The van der Waals surface area contributed by atoms with Crippen molar-refractivity contribution >= 4 is 50.5 Å². The molecule has 0 aliphatic heterocycles. The van der Waals surface area contributed by atoms with Gasteiger partial charge in [0, 0.05) is 18.9 Å². The zero-order valence-electron chi connectivity index (χ0n) is 19.3. The summed E-state index contributed by atoms with van der Waals surface area (Å²) in [7, 11) is -1.35. The number of hydrogen-bond acceptors (Lipinski definition) is 6. The quantitative estimate of drug-likeness (QED) is 0.334. The predicted octanol–water partition coefficient (Wildman–Crippen LogP) is 5.00. The topological polar surface area (TPSA) is 94.2 Å². The highest BCUT2D eigenvalue weighted by molar-refractivity contribution is 7.92. The summed E-state index contributed by atoms with van der Waals surface area (Å²) in [5, 5.41) is 2.68. The van der Waals surface area contributed by atoms with E-state index in [1.807, 2.05) is 0 Å². The third-order valence-electron chi connectivity index (χ3n) is 4.88. The fraction of sp³-hybridized carbons (Fsp3) is 0.208. The number of rotatable bonds is 11. The SMILES string of the molecule is COCCOc1cc(N(CC(=O)Nc2ccc(F)cc2)S(=O)(=O)c2ccc(OC)cc2)c(Cl)cc1Cl. The molecule has 36 heavy (non-hydrogen) atoms. The van der Waals surface area contributed by atoms with E-state index in [9.17, 15) is 17.6 Å². The van der Waals surface area contributed by atoms with Gasteiger partial charge in [-0.25, -0.2) is 12.8 Å². The number of hydrogen-bond donors (Lipinski definition) is 1. The lowest BCUT2D eigenvalue weighted by Crippen LogP contribution is -2.38. The van der Waals surface area contributed by atoms with Crippen LogP contribution in [0.25, 0.3) is 0 Å². The van der Waals surface area contributed by atoms with Crippen LogP contribution in [0.4, 0.5) is 15.8 Å². The molecule has 1 N–H and O–H groups in total. The second-order valence-electron chi connectivity index (χ2n) is 7.32. The Kier molecular flexibility index (Phi) is 9.38. The molecular weight excluding hydrogens is 534 g/mol. The van der Waals surface area contributed by atoms with Gasteiger partial charge in [-0.05, 0) is 54.6 Å². The highest BCUT2D eigenvalue weighted by atomic mass is 35.5. The van der Waals surface area contributed by atoms with E-state index >= 15 is 0 Å². The standard InChI is InChI=1S/C24H23Cl2FN2O6S/c1-33-11-12-35-23-14-22(20(25)13-21(23)26)29(15-24(30)28-17-5-3-16(27)4-6-17)36(31,32)19-9-7-18(34-2)8-10-19/h3-10,13-14H,11-12,15H2,1-2H3,(H,28,30). The van der Waals surface area contributed by atoms with Gasteiger partial charge < -0.3 is 19.5 Å². The van der Waals surface area contributed by atoms with Crippen LogP contribution in [0, 0.1) is 5.82 Å². The van der Waals surface area contributed by atoms with E-state index in [1.165, 1.54) is 74.9 Å². The van der Waals surface area contributed by atoms with Crippen LogP contribution in [0.5, 0.6) is 11.5 Å². The lowest BCUT2D eigenvalue weighted by atomic mass is 10.3. The maximum atomic E-state index is 13.7. The van der Waals surface area contributed by atoms with Gasteiger partial charge in [-0.3, -0.25) is 9.10 Å². The largest absolute Gasteiger partial charge is 0.497 e. The lowest BCUT2D eigenvalue weighted by molar-refractivity contribution is -0.114. The summed E-state index contributed by atoms with van der Waals surface area (Å²) in [6.45, 7) is -0.236. The first kappa shape index (κ1) is 27.5. The van der Waals surface area contributed by atoms with E-state index in [0.29, 0.717) is 5.75 Å². The molecule has 0 atom stereocenters. The van der Waals surface area contributed by atoms with Crippen LogP contribution in [0.1, 0.15) is 0 Å². The molecular formula is C24H23Cl2FN2O6S. The van der Waals surface area contributed by atoms with Crippen molar-refractivity contribution in [1.29, 1.82) is 0 Å². The number of nitrogens with one attached hydrogen (secondary N) is 1. The molecule has 0 unspecified atom stereocenters. The number of carbonyl (C=O) groups is 1. The van der Waals surface area contributed by atoms with Gasteiger partial charge in [0.1, 0.15) is 30.5 Å². The maximum absolute atomic E-state index is 13.7. The van der Waals surface area contributed by atoms with Crippen LogP contribution in [0.3, 0.4) is 0 Å². The van der Waals surface area contributed by atoms with Gasteiger partial charge in [0.2, 0.25) is 5.91 Å². The molecule has 3 aromatic rings. The van der Waals surface area contributed by atoms with Crippen LogP contribution in [-0.4, -0.2) is 48.3 Å². The van der Waals surface area contributed by atoms with Crippen molar-refractivity contribution < 1.29 is 31.8 Å². The van der Waals surface area contributed by atoms with Crippen molar-refractivity contribution in [2.24, 2.45) is 0 Å². The highest BCUT2D eigenvalue weighted by Gasteiger charge is 2.30. The van der Waals surface area contributed by atoms with Crippen LogP contribution in [-0.2, 0) is 19.6 Å². The molecule has 0 aliphatic carbocycles. The van der Waals surface area contributed by atoms with Crippen LogP contribution in [0.15, 0.2) is 65.6 Å². The lowest BCUT2D eigenvalue weighted by Gasteiger charge is -2.26. The van der Waals surface area contributed by atoms with Crippen molar-refractivity contribution in [2.75, 3.05) is 43.6 Å². The predicted molar refractivity (Wildman–Crippen MR) is 136 cm³/mol. The summed E-state index contributed by atoms with van der Waals surface area (Å²) in [5.74, 6) is -0.563. The average molecular weight is 557 g/mol. The van der Waals surface area contributed by atoms with Crippen LogP contribution < -0.4 is 19.1 Å². The van der Waals surface area contributed by atoms with E-state index in [0.717, 1.165) is 4.31 Å². The Morgan fingerprint density at radius 1 is 0.972 bits per heavy atom. The maximum Gasteiger partial charge on any atom is 0.264 e. The zero-order chi connectivity index (χ0) is 26.3. The number of ether oxygens (including phenoxy) is 3. The van der Waals surface area contributed by atoms with Crippen LogP contribution in [0.2, 0.25) is 10.0 Å². The number of nitrogens with zero attached hydrogens (tertiary/aromatic N) is 1. The minimum Gasteiger partial charge on any atom is -0.497 e. The first-order chi connectivity index (χ1) is 17.1. The Morgan fingerprint density at radius 2 is 1.64 bits per heavy atom. The zero-order valence-corrected chi connectivity index (χ0v) is 21.7. The number of carbonyl (C=O) groups excluding carboxylic acids is 1. The van der Waals surface area contributed by atoms with Gasteiger partial charge in [-0.1, -0.05) is 23.2 Å². The number of amides is 1. The van der Waals surface area contributed by atoms with Crippen molar-refractivity contribution in [3.63, 3.8) is 0 Å². The van der Waals surface area contributed by atoms with Crippen LogP contribution >= 0.6 is 23.2 Å². The molecule has 0 spiro atoms. The summed E-state index contributed by atoms with van der Waals surface area (Å²) in [5.41, 5.74) is 0.257. The molecule has 1 amide bonds. The number of sulfonamides is 1. The molecule has 0 aromatic heterocycles. The molecule has 192 valence electrons. The molecule has 0 aliphatic rings. The average Bonchev–Trinajstić information content (AvgIpc) is 2.85. The summed E-state index contributed by atoms with van der Waals surface area (Å²) in [6, 6.07) is 13.4. The Bertz CT molecular complexity index is 1310. The molecule has 0 fully saturated rings. The first-order valence-corrected chi connectivity index (χ1v) is 12.7. The molecule has 8 nitrogen and oxygen atoms in total. The van der Waals surface area contributed by atoms with Gasteiger partial charge in [-0.15, -0.1) is 0 Å². The van der Waals surface area contributed by atoms with Gasteiger partial charge >= 0.3 is 0 Å².